The lowest BCUT2D eigenvalue weighted by atomic mass is 10.1. The second-order valence-electron chi connectivity index (χ2n) is 4.54. The molecule has 0 saturated carbocycles. The third-order valence-corrected chi connectivity index (χ3v) is 4.00. The number of rotatable bonds is 3. The number of ether oxygens (including phenoxy) is 1. The number of imidazole rings is 1. The Hall–Kier alpha value is -2.42. The molecule has 0 saturated heterocycles. The highest BCUT2D eigenvalue weighted by Gasteiger charge is 2.30. The lowest BCUT2D eigenvalue weighted by molar-refractivity contribution is -0.137. The van der Waals surface area contributed by atoms with Gasteiger partial charge in [-0.1, -0.05) is 23.5 Å². The second kappa shape index (κ2) is 5.65. The smallest absolute Gasteiger partial charge is 0.416 e. The van der Waals surface area contributed by atoms with Gasteiger partial charge in [-0.15, -0.1) is 0 Å². The minimum absolute atomic E-state index is 0.177. The number of hydrogen-bond donors (Lipinski definition) is 0. The molecule has 2 heterocycles. The van der Waals surface area contributed by atoms with Gasteiger partial charge in [0.15, 0.2) is 5.69 Å². The largest absolute Gasteiger partial charge is 0.461 e. The summed E-state index contributed by atoms with van der Waals surface area (Å²) in [4.78, 5) is 16.3. The molecule has 0 unspecified atom stereocenters. The Labute approximate surface area is 132 Å². The lowest BCUT2D eigenvalue weighted by Gasteiger charge is -2.06. The van der Waals surface area contributed by atoms with Crippen LogP contribution in [-0.4, -0.2) is 27.2 Å². The summed E-state index contributed by atoms with van der Waals surface area (Å²) in [5.41, 5.74) is -0.0330. The molecule has 9 heteroatoms. The van der Waals surface area contributed by atoms with Gasteiger partial charge in [-0.3, -0.25) is 0 Å². The molecule has 23 heavy (non-hydrogen) atoms. The molecule has 5 nitrogen and oxygen atoms in total. The predicted octanol–water partition coefficient (Wildman–Crippen LogP) is 3.65. The van der Waals surface area contributed by atoms with Gasteiger partial charge in [-0.25, -0.2) is 9.78 Å². The highest BCUT2D eigenvalue weighted by atomic mass is 32.1. The van der Waals surface area contributed by atoms with Crippen molar-refractivity contribution in [2.75, 3.05) is 6.61 Å². The maximum Gasteiger partial charge on any atom is 0.416 e. The molecule has 0 spiro atoms. The molecule has 0 bridgehead atoms. The zero-order valence-electron chi connectivity index (χ0n) is 11.8. The summed E-state index contributed by atoms with van der Waals surface area (Å²) in [6.45, 7) is 1.91. The van der Waals surface area contributed by atoms with Crippen molar-refractivity contribution >= 4 is 22.3 Å². The van der Waals surface area contributed by atoms with Crippen LogP contribution < -0.4 is 0 Å². The summed E-state index contributed by atoms with van der Waals surface area (Å²) in [5.74, 6) is -0.552. The molecule has 0 amide bonds. The fourth-order valence-electron chi connectivity index (χ4n) is 1.96. The Morgan fingerprint density at radius 3 is 2.61 bits per heavy atom. The summed E-state index contributed by atoms with van der Waals surface area (Å²) in [6.07, 6.45) is -3.03. The number of halogens is 3. The highest BCUT2D eigenvalue weighted by Crippen LogP contribution is 2.32. The normalized spacial score (nSPS) is 11.8. The van der Waals surface area contributed by atoms with Crippen LogP contribution in [0.5, 0.6) is 0 Å². The van der Waals surface area contributed by atoms with E-state index in [0.717, 1.165) is 12.1 Å². The molecule has 0 atom stereocenters. The Morgan fingerprint density at radius 2 is 2.00 bits per heavy atom. The zero-order valence-corrected chi connectivity index (χ0v) is 12.6. The minimum Gasteiger partial charge on any atom is -0.461 e. The topological polar surface area (TPSA) is 56.5 Å². The van der Waals surface area contributed by atoms with Gasteiger partial charge in [0.1, 0.15) is 5.01 Å². The van der Waals surface area contributed by atoms with Crippen LogP contribution in [0.15, 0.2) is 30.5 Å². The van der Waals surface area contributed by atoms with Gasteiger partial charge in [0.25, 0.3) is 0 Å². The van der Waals surface area contributed by atoms with Crippen molar-refractivity contribution in [2.45, 2.75) is 13.1 Å². The van der Waals surface area contributed by atoms with Crippen LogP contribution in [0.1, 0.15) is 23.0 Å². The van der Waals surface area contributed by atoms with Crippen LogP contribution in [0.25, 0.3) is 15.5 Å². The number of benzene rings is 1. The van der Waals surface area contributed by atoms with Gasteiger partial charge >= 0.3 is 12.1 Å². The van der Waals surface area contributed by atoms with Crippen molar-refractivity contribution < 1.29 is 22.7 Å². The zero-order chi connectivity index (χ0) is 16.6. The summed E-state index contributed by atoms with van der Waals surface area (Å²) >= 11 is 1.17. The molecule has 0 fully saturated rings. The van der Waals surface area contributed by atoms with Crippen LogP contribution >= 0.6 is 11.3 Å². The SMILES string of the molecule is CCOC(=O)c1cnc2sc(-c3ccc(C(F)(F)F)cc3)nn12. The van der Waals surface area contributed by atoms with E-state index in [2.05, 4.69) is 10.1 Å². The molecule has 0 N–H and O–H groups in total. The molecule has 120 valence electrons. The first-order valence-electron chi connectivity index (χ1n) is 6.59. The van der Waals surface area contributed by atoms with E-state index >= 15 is 0 Å². The molecule has 0 aliphatic carbocycles. The Bertz CT molecular complexity index is 852. The fraction of sp³-hybridized carbons (Fsp3) is 0.214. The Morgan fingerprint density at radius 1 is 1.30 bits per heavy atom. The monoisotopic (exact) mass is 341 g/mol. The van der Waals surface area contributed by atoms with Gasteiger partial charge in [0.2, 0.25) is 4.96 Å². The number of esters is 1. The molecular weight excluding hydrogens is 331 g/mol. The quantitative estimate of drug-likeness (QED) is 0.682. The number of aromatic nitrogens is 3. The van der Waals surface area contributed by atoms with Crippen LogP contribution in [-0.2, 0) is 10.9 Å². The van der Waals surface area contributed by atoms with Crippen molar-refractivity contribution in [2.24, 2.45) is 0 Å². The number of hydrogen-bond acceptors (Lipinski definition) is 5. The third kappa shape index (κ3) is 2.91. The third-order valence-electron chi connectivity index (χ3n) is 3.03. The maximum atomic E-state index is 12.6. The van der Waals surface area contributed by atoms with Gasteiger partial charge in [-0.2, -0.15) is 22.8 Å². The van der Waals surface area contributed by atoms with Crippen molar-refractivity contribution in [1.82, 2.24) is 14.6 Å². The number of alkyl halides is 3. The molecule has 3 rings (SSSR count). The van der Waals surface area contributed by atoms with Crippen LogP contribution in [0, 0.1) is 0 Å². The van der Waals surface area contributed by atoms with Crippen molar-refractivity contribution in [3.8, 4) is 10.6 Å². The summed E-state index contributed by atoms with van der Waals surface area (Å²) < 4.78 is 44.0. The first kappa shape index (κ1) is 15.5. The Balaban J connectivity index is 1.96. The molecular formula is C14H10F3N3O2S. The average Bonchev–Trinajstić information content (AvgIpc) is 3.06. The highest BCUT2D eigenvalue weighted by molar-refractivity contribution is 7.19. The van der Waals surface area contributed by atoms with Crippen LogP contribution in [0.4, 0.5) is 13.2 Å². The van der Waals surface area contributed by atoms with E-state index in [4.69, 9.17) is 4.74 Å². The van der Waals surface area contributed by atoms with Gasteiger partial charge in [0.05, 0.1) is 18.4 Å². The predicted molar refractivity (Wildman–Crippen MR) is 77.3 cm³/mol. The minimum atomic E-state index is -4.38. The van der Waals surface area contributed by atoms with E-state index in [9.17, 15) is 18.0 Å². The molecule has 1 aromatic carbocycles. The van der Waals surface area contributed by atoms with E-state index in [1.54, 1.807) is 6.92 Å². The van der Waals surface area contributed by atoms with Gasteiger partial charge in [0, 0.05) is 5.56 Å². The fourth-order valence-corrected chi connectivity index (χ4v) is 2.84. The van der Waals surface area contributed by atoms with E-state index in [1.807, 2.05) is 0 Å². The molecule has 0 aliphatic rings. The number of nitrogens with zero attached hydrogens (tertiary/aromatic N) is 3. The second-order valence-corrected chi connectivity index (χ2v) is 5.50. The first-order chi connectivity index (χ1) is 10.9. The Kier molecular flexibility index (Phi) is 3.80. The van der Waals surface area contributed by atoms with Gasteiger partial charge in [-0.05, 0) is 19.1 Å². The average molecular weight is 341 g/mol. The summed E-state index contributed by atoms with van der Waals surface area (Å²) in [7, 11) is 0. The number of carbonyl (C=O) groups excluding carboxylic acids is 1. The molecule has 2 aromatic heterocycles. The van der Waals surface area contributed by atoms with Crippen molar-refractivity contribution in [3.05, 3.63) is 41.7 Å². The van der Waals surface area contributed by atoms with Gasteiger partial charge < -0.3 is 4.74 Å². The van der Waals surface area contributed by atoms with Crippen molar-refractivity contribution in [3.63, 3.8) is 0 Å². The number of fused-ring (bicyclic) bond motifs is 1. The van der Waals surface area contributed by atoms with Crippen molar-refractivity contribution in [1.29, 1.82) is 0 Å². The maximum absolute atomic E-state index is 12.6. The van der Waals surface area contributed by atoms with Crippen LogP contribution in [0.3, 0.4) is 0 Å². The van der Waals surface area contributed by atoms with Crippen LogP contribution in [0.2, 0.25) is 0 Å². The molecule has 0 radical (unpaired) electrons. The first-order valence-corrected chi connectivity index (χ1v) is 7.41. The van der Waals surface area contributed by atoms with E-state index in [0.29, 0.717) is 15.5 Å². The van der Waals surface area contributed by atoms with E-state index in [1.165, 1.54) is 34.2 Å². The number of carbonyl (C=O) groups is 1. The van der Waals surface area contributed by atoms with E-state index < -0.39 is 17.7 Å². The molecule has 3 aromatic rings. The summed E-state index contributed by atoms with van der Waals surface area (Å²) in [5, 5.41) is 4.69. The van der Waals surface area contributed by atoms with E-state index in [-0.39, 0.29) is 12.3 Å². The standard InChI is InChI=1S/C14H10F3N3O2S/c1-2-22-12(21)10-7-18-13-20(10)19-11(23-13)8-3-5-9(6-4-8)14(15,16)17/h3-7H,2H2,1H3. The summed E-state index contributed by atoms with van der Waals surface area (Å²) in [6, 6.07) is 4.66. The molecule has 0 aliphatic heterocycles. The lowest BCUT2D eigenvalue weighted by Crippen LogP contribution is -2.08.